The lowest BCUT2D eigenvalue weighted by Gasteiger charge is -2.25. The molecular weight excluding hydrogens is 270 g/mol. The lowest BCUT2D eigenvalue weighted by Crippen LogP contribution is -2.43. The van der Waals surface area contributed by atoms with E-state index in [9.17, 15) is 14.7 Å². The standard InChI is InChI=1S/C16H31NO4/c1-11(10-15(2,3)4)8-9-12(13(18)19)17-14(20)21-16(5,6)7/h11-12H,8-10H2,1-7H3,(H,17,20)(H,18,19). The zero-order valence-electron chi connectivity index (χ0n) is 14.4. The van der Waals surface area contributed by atoms with Crippen LogP contribution in [0.1, 0.15) is 67.7 Å². The highest BCUT2D eigenvalue weighted by Gasteiger charge is 2.25. The fraction of sp³-hybridized carbons (Fsp3) is 0.875. The summed E-state index contributed by atoms with van der Waals surface area (Å²) in [6.45, 7) is 13.8. The van der Waals surface area contributed by atoms with Gasteiger partial charge in [-0.15, -0.1) is 0 Å². The lowest BCUT2D eigenvalue weighted by molar-refractivity contribution is -0.139. The molecule has 124 valence electrons. The fourth-order valence-electron chi connectivity index (χ4n) is 2.31. The van der Waals surface area contributed by atoms with Crippen molar-refractivity contribution in [3.63, 3.8) is 0 Å². The first-order chi connectivity index (χ1) is 9.30. The zero-order valence-corrected chi connectivity index (χ0v) is 14.4. The summed E-state index contributed by atoms with van der Waals surface area (Å²) in [4.78, 5) is 22.9. The number of amides is 1. The summed E-state index contributed by atoms with van der Waals surface area (Å²) >= 11 is 0. The largest absolute Gasteiger partial charge is 0.480 e. The van der Waals surface area contributed by atoms with E-state index in [0.717, 1.165) is 12.8 Å². The Morgan fingerprint density at radius 3 is 2.00 bits per heavy atom. The highest BCUT2D eigenvalue weighted by atomic mass is 16.6. The molecule has 2 unspecified atom stereocenters. The summed E-state index contributed by atoms with van der Waals surface area (Å²) in [5.41, 5.74) is -0.413. The minimum Gasteiger partial charge on any atom is -0.480 e. The first-order valence-electron chi connectivity index (χ1n) is 7.52. The van der Waals surface area contributed by atoms with Crippen molar-refractivity contribution < 1.29 is 19.4 Å². The van der Waals surface area contributed by atoms with E-state index in [1.807, 2.05) is 0 Å². The molecular formula is C16H31NO4. The molecule has 0 bridgehead atoms. The first kappa shape index (κ1) is 19.7. The number of carboxylic acid groups (broad SMARTS) is 1. The molecule has 0 heterocycles. The molecule has 0 aromatic heterocycles. The Morgan fingerprint density at radius 2 is 1.62 bits per heavy atom. The molecule has 1 amide bonds. The molecule has 2 N–H and O–H groups in total. The van der Waals surface area contributed by atoms with Crippen LogP contribution < -0.4 is 5.32 Å². The van der Waals surface area contributed by atoms with Crippen LogP contribution in [0.3, 0.4) is 0 Å². The van der Waals surface area contributed by atoms with Gasteiger partial charge in [0.2, 0.25) is 0 Å². The minimum atomic E-state index is -1.02. The van der Waals surface area contributed by atoms with Gasteiger partial charge in [0.15, 0.2) is 0 Å². The maximum atomic E-state index is 11.7. The van der Waals surface area contributed by atoms with Crippen molar-refractivity contribution in [3.8, 4) is 0 Å². The second-order valence-corrected chi connectivity index (χ2v) is 7.98. The van der Waals surface area contributed by atoms with Crippen LogP contribution in [0.15, 0.2) is 0 Å². The molecule has 0 saturated heterocycles. The highest BCUT2D eigenvalue weighted by molar-refractivity contribution is 5.79. The zero-order chi connectivity index (χ0) is 16.8. The molecule has 5 heteroatoms. The average molecular weight is 301 g/mol. The van der Waals surface area contributed by atoms with Crippen LogP contribution >= 0.6 is 0 Å². The lowest BCUT2D eigenvalue weighted by atomic mass is 9.83. The van der Waals surface area contributed by atoms with Crippen LogP contribution in [-0.4, -0.2) is 28.8 Å². The molecule has 0 saturated carbocycles. The van der Waals surface area contributed by atoms with Crippen molar-refractivity contribution in [1.29, 1.82) is 0 Å². The predicted molar refractivity (Wildman–Crippen MR) is 83.3 cm³/mol. The van der Waals surface area contributed by atoms with Crippen molar-refractivity contribution in [2.75, 3.05) is 0 Å². The molecule has 0 aromatic carbocycles. The van der Waals surface area contributed by atoms with Gasteiger partial charge in [0.25, 0.3) is 0 Å². The Kier molecular flexibility index (Phi) is 7.20. The third-order valence-electron chi connectivity index (χ3n) is 2.90. The molecule has 0 rings (SSSR count). The Bertz CT molecular complexity index is 352. The smallest absolute Gasteiger partial charge is 0.408 e. The molecule has 0 aromatic rings. The molecule has 5 nitrogen and oxygen atoms in total. The summed E-state index contributed by atoms with van der Waals surface area (Å²) in [6.07, 6.45) is 1.50. The van der Waals surface area contributed by atoms with Gasteiger partial charge in [-0.2, -0.15) is 0 Å². The van der Waals surface area contributed by atoms with E-state index >= 15 is 0 Å². The SMILES string of the molecule is CC(CCC(NC(=O)OC(C)(C)C)C(=O)O)CC(C)(C)C. The second kappa shape index (κ2) is 7.66. The van der Waals surface area contributed by atoms with Crippen molar-refractivity contribution in [2.45, 2.75) is 79.4 Å². The number of nitrogens with one attached hydrogen (secondary N) is 1. The van der Waals surface area contributed by atoms with Crippen LogP contribution in [-0.2, 0) is 9.53 Å². The maximum Gasteiger partial charge on any atom is 0.408 e. The topological polar surface area (TPSA) is 75.6 Å². The van der Waals surface area contributed by atoms with E-state index in [4.69, 9.17) is 4.74 Å². The van der Waals surface area contributed by atoms with Crippen LogP contribution in [0.4, 0.5) is 4.79 Å². The van der Waals surface area contributed by atoms with Gasteiger partial charge in [-0.1, -0.05) is 27.7 Å². The molecule has 0 aliphatic carbocycles. The van der Waals surface area contributed by atoms with E-state index in [1.54, 1.807) is 20.8 Å². The monoisotopic (exact) mass is 301 g/mol. The summed E-state index contributed by atoms with van der Waals surface area (Å²) in [6, 6.07) is -0.901. The van der Waals surface area contributed by atoms with Gasteiger partial charge in [-0.25, -0.2) is 9.59 Å². The Balaban J connectivity index is 4.39. The van der Waals surface area contributed by atoms with Crippen molar-refractivity contribution in [1.82, 2.24) is 5.32 Å². The third kappa shape index (κ3) is 11.1. The van der Waals surface area contributed by atoms with Crippen molar-refractivity contribution >= 4 is 12.1 Å². The number of hydrogen-bond donors (Lipinski definition) is 2. The number of carbonyl (C=O) groups excluding carboxylic acids is 1. The number of ether oxygens (including phenoxy) is 1. The normalized spacial score (nSPS) is 15.2. The van der Waals surface area contributed by atoms with Crippen LogP contribution in [0.25, 0.3) is 0 Å². The van der Waals surface area contributed by atoms with E-state index in [0.29, 0.717) is 12.3 Å². The minimum absolute atomic E-state index is 0.219. The maximum absolute atomic E-state index is 11.7. The van der Waals surface area contributed by atoms with Gasteiger partial charge in [-0.05, 0) is 51.4 Å². The van der Waals surface area contributed by atoms with E-state index in [1.165, 1.54) is 0 Å². The van der Waals surface area contributed by atoms with Gasteiger partial charge in [0.05, 0.1) is 0 Å². The van der Waals surface area contributed by atoms with Crippen LogP contribution in [0.5, 0.6) is 0 Å². The molecule has 2 atom stereocenters. The summed E-state index contributed by atoms with van der Waals surface area (Å²) in [7, 11) is 0. The van der Waals surface area contributed by atoms with E-state index in [-0.39, 0.29) is 5.41 Å². The van der Waals surface area contributed by atoms with Crippen molar-refractivity contribution in [2.24, 2.45) is 11.3 Å². The quantitative estimate of drug-likeness (QED) is 0.782. The van der Waals surface area contributed by atoms with E-state index in [2.05, 4.69) is 33.0 Å². The summed E-state index contributed by atoms with van der Waals surface area (Å²) in [5, 5.41) is 11.6. The first-order valence-corrected chi connectivity index (χ1v) is 7.52. The molecule has 0 fully saturated rings. The predicted octanol–water partition coefficient (Wildman–Crippen LogP) is 3.82. The molecule has 0 aliphatic rings. The molecule has 0 aliphatic heterocycles. The number of hydrogen-bond acceptors (Lipinski definition) is 3. The van der Waals surface area contributed by atoms with Crippen molar-refractivity contribution in [3.05, 3.63) is 0 Å². The number of carboxylic acids is 1. The third-order valence-corrected chi connectivity index (χ3v) is 2.90. The number of rotatable bonds is 6. The summed E-state index contributed by atoms with van der Waals surface area (Å²) < 4.78 is 5.09. The van der Waals surface area contributed by atoms with Crippen LogP contribution in [0, 0.1) is 11.3 Å². The second-order valence-electron chi connectivity index (χ2n) is 7.98. The summed E-state index contributed by atoms with van der Waals surface area (Å²) in [5.74, 6) is -0.615. The average Bonchev–Trinajstić information content (AvgIpc) is 2.18. The van der Waals surface area contributed by atoms with Gasteiger partial charge in [0, 0.05) is 0 Å². The van der Waals surface area contributed by atoms with Gasteiger partial charge >= 0.3 is 12.1 Å². The van der Waals surface area contributed by atoms with Crippen LogP contribution in [0.2, 0.25) is 0 Å². The molecule has 0 radical (unpaired) electrons. The Hall–Kier alpha value is -1.26. The fourth-order valence-corrected chi connectivity index (χ4v) is 2.31. The number of carbonyl (C=O) groups is 2. The van der Waals surface area contributed by atoms with Gasteiger partial charge < -0.3 is 15.2 Å². The Morgan fingerprint density at radius 1 is 1.10 bits per heavy atom. The van der Waals surface area contributed by atoms with Gasteiger partial charge in [-0.3, -0.25) is 0 Å². The van der Waals surface area contributed by atoms with Gasteiger partial charge in [0.1, 0.15) is 11.6 Å². The number of alkyl carbamates (subject to hydrolysis) is 1. The highest BCUT2D eigenvalue weighted by Crippen LogP contribution is 2.27. The van der Waals surface area contributed by atoms with E-state index < -0.39 is 23.7 Å². The number of aliphatic carboxylic acids is 1. The molecule has 21 heavy (non-hydrogen) atoms. The molecule has 0 spiro atoms. The Labute approximate surface area is 128 Å².